The zero-order chi connectivity index (χ0) is 39.7. The molecule has 0 aromatic heterocycles. The molecule has 0 aliphatic rings. The third kappa shape index (κ3) is 8.12. The topological polar surface area (TPSA) is 201 Å². The summed E-state index contributed by atoms with van der Waals surface area (Å²) in [7, 11) is 10.2. The van der Waals surface area contributed by atoms with Gasteiger partial charge in [-0.05, 0) is 48.5 Å². The van der Waals surface area contributed by atoms with Gasteiger partial charge in [-0.15, -0.1) is 0 Å². The number of carbonyl (C=O) groups excluding carboxylic acids is 4. The quantitative estimate of drug-likeness (QED) is 0.0926. The minimum atomic E-state index is -0.798. The van der Waals surface area contributed by atoms with Crippen LogP contribution in [0.2, 0.25) is 0 Å². The fraction of sp³-hybridized carbons (Fsp3) is 0.263. The first-order chi connectivity index (χ1) is 25.9. The Morgan fingerprint density at radius 2 is 0.722 bits per heavy atom. The molecule has 0 unspecified atom stereocenters. The molecule has 16 heteroatoms. The van der Waals surface area contributed by atoms with Crippen LogP contribution in [0, 0.1) is 0 Å². The Morgan fingerprint density at radius 1 is 0.407 bits per heavy atom. The largest absolute Gasteiger partial charge is 0.504 e. The van der Waals surface area contributed by atoms with Gasteiger partial charge in [0.25, 0.3) is 0 Å². The minimum Gasteiger partial charge on any atom is -0.504 e. The van der Waals surface area contributed by atoms with Crippen molar-refractivity contribution in [3.8, 4) is 68.2 Å². The Morgan fingerprint density at radius 3 is 1.11 bits per heavy atom. The van der Waals surface area contributed by atoms with Crippen LogP contribution in [0.4, 0.5) is 0 Å². The Hall–Kier alpha value is -6.84. The van der Waals surface area contributed by atoms with Gasteiger partial charge in [-0.25, -0.2) is 19.2 Å². The monoisotopic (exact) mass is 750 g/mol. The van der Waals surface area contributed by atoms with Crippen LogP contribution >= 0.6 is 0 Å². The van der Waals surface area contributed by atoms with E-state index in [1.165, 1.54) is 98.3 Å². The average Bonchev–Trinajstić information content (AvgIpc) is 3.20. The second kappa shape index (κ2) is 17.6. The van der Waals surface area contributed by atoms with E-state index in [0.717, 1.165) is 7.11 Å². The maximum absolute atomic E-state index is 12.8. The second-order valence-electron chi connectivity index (χ2n) is 10.9. The fourth-order valence-corrected chi connectivity index (χ4v) is 5.42. The maximum Gasteiger partial charge on any atom is 0.338 e. The van der Waals surface area contributed by atoms with E-state index in [1.807, 2.05) is 0 Å². The summed E-state index contributed by atoms with van der Waals surface area (Å²) >= 11 is 0. The summed E-state index contributed by atoms with van der Waals surface area (Å²) in [5, 5.41) is 22.3. The number of benzene rings is 4. The van der Waals surface area contributed by atoms with Gasteiger partial charge >= 0.3 is 23.9 Å². The fourth-order valence-electron chi connectivity index (χ4n) is 5.42. The number of phenolic OH excluding ortho intramolecular Hbond substituents is 2. The molecule has 16 nitrogen and oxygen atoms in total. The van der Waals surface area contributed by atoms with Gasteiger partial charge < -0.3 is 57.6 Å². The molecule has 4 aromatic carbocycles. The molecule has 0 aliphatic heterocycles. The van der Waals surface area contributed by atoms with Gasteiger partial charge in [0.05, 0.1) is 79.1 Å². The summed E-state index contributed by atoms with van der Waals surface area (Å²) < 4.78 is 53.5. The number of ether oxygens (including phenoxy) is 10. The first-order valence-electron chi connectivity index (χ1n) is 15.8. The van der Waals surface area contributed by atoms with Crippen LogP contribution in [0.25, 0.3) is 22.3 Å². The highest BCUT2D eigenvalue weighted by atomic mass is 16.6. The second-order valence-corrected chi connectivity index (χ2v) is 10.9. The van der Waals surface area contributed by atoms with E-state index in [9.17, 15) is 29.4 Å². The Bertz CT molecular complexity index is 2070. The lowest BCUT2D eigenvalue weighted by molar-refractivity contribution is 0.0591. The Labute approximate surface area is 309 Å². The van der Waals surface area contributed by atoms with E-state index in [4.69, 9.17) is 47.4 Å². The summed E-state index contributed by atoms with van der Waals surface area (Å²) in [6.45, 7) is -0.484. The molecule has 0 spiro atoms. The smallest absolute Gasteiger partial charge is 0.338 e. The lowest BCUT2D eigenvalue weighted by Crippen LogP contribution is -2.12. The van der Waals surface area contributed by atoms with Crippen LogP contribution in [-0.4, -0.2) is 104 Å². The highest BCUT2D eigenvalue weighted by Crippen LogP contribution is 2.48. The van der Waals surface area contributed by atoms with Gasteiger partial charge in [0.15, 0.2) is 46.0 Å². The highest BCUT2D eigenvalue weighted by Gasteiger charge is 2.26. The molecule has 0 amide bonds. The third-order valence-corrected chi connectivity index (χ3v) is 7.97. The van der Waals surface area contributed by atoms with E-state index in [2.05, 4.69) is 0 Å². The predicted molar refractivity (Wildman–Crippen MR) is 190 cm³/mol. The first kappa shape index (κ1) is 39.9. The standard InChI is InChI=1S/C38H38O16/c1-45-27-15-19(35(41)49-5)11-23(31(27)39)24-12-20(36(42)50-6)16-28(32(24)40)53-9-10-54-30-18-22(38(44)52-8)14-26(34(30)48-4)25-13-21(37(43)51-7)17-29(46-2)33(25)47-3/h11-18,39-40H,9-10H2,1-8H3. The summed E-state index contributed by atoms with van der Waals surface area (Å²) in [5.41, 5.74) is 0.430. The van der Waals surface area contributed by atoms with Gasteiger partial charge in [0.2, 0.25) is 0 Å². The average molecular weight is 751 g/mol. The van der Waals surface area contributed by atoms with Crippen LogP contribution in [0.3, 0.4) is 0 Å². The minimum absolute atomic E-state index is 0.0172. The molecule has 54 heavy (non-hydrogen) atoms. The van der Waals surface area contributed by atoms with Crippen LogP contribution < -0.4 is 28.4 Å². The third-order valence-electron chi connectivity index (χ3n) is 7.97. The summed E-state index contributed by atoms with van der Waals surface area (Å²) in [6, 6.07) is 10.7. The van der Waals surface area contributed by atoms with E-state index >= 15 is 0 Å². The number of hydrogen-bond donors (Lipinski definition) is 2. The van der Waals surface area contributed by atoms with Crippen molar-refractivity contribution in [3.63, 3.8) is 0 Å². The number of rotatable bonds is 15. The lowest BCUT2D eigenvalue weighted by atomic mass is 9.97. The number of esters is 4. The summed E-state index contributed by atoms with van der Waals surface area (Å²) in [4.78, 5) is 50.4. The number of carbonyl (C=O) groups is 4. The van der Waals surface area contributed by atoms with Gasteiger partial charge in [-0.3, -0.25) is 0 Å². The van der Waals surface area contributed by atoms with Gasteiger partial charge in [-0.1, -0.05) is 0 Å². The van der Waals surface area contributed by atoms with Crippen molar-refractivity contribution in [1.29, 1.82) is 0 Å². The molecule has 2 N–H and O–H groups in total. The molecule has 0 radical (unpaired) electrons. The van der Waals surface area contributed by atoms with Gasteiger partial charge in [0.1, 0.15) is 13.2 Å². The molecule has 0 aliphatic carbocycles. The van der Waals surface area contributed by atoms with Crippen molar-refractivity contribution >= 4 is 23.9 Å². The van der Waals surface area contributed by atoms with Crippen molar-refractivity contribution < 1.29 is 76.8 Å². The predicted octanol–water partition coefficient (Wildman–Crippen LogP) is 5.07. The number of methoxy groups -OCH3 is 8. The molecule has 4 aromatic rings. The lowest BCUT2D eigenvalue weighted by Gasteiger charge is -2.20. The molecular formula is C38H38O16. The highest BCUT2D eigenvalue weighted by molar-refractivity contribution is 5.98. The first-order valence-corrected chi connectivity index (χ1v) is 15.8. The van der Waals surface area contributed by atoms with Crippen LogP contribution in [0.15, 0.2) is 48.5 Å². The molecule has 0 saturated heterocycles. The van der Waals surface area contributed by atoms with Gasteiger partial charge in [0, 0.05) is 22.3 Å². The molecule has 286 valence electrons. The summed E-state index contributed by atoms with van der Waals surface area (Å²) in [5.74, 6) is -3.66. The van der Waals surface area contributed by atoms with Crippen molar-refractivity contribution in [1.82, 2.24) is 0 Å². The molecule has 0 fully saturated rings. The van der Waals surface area contributed by atoms with Crippen molar-refractivity contribution in [3.05, 3.63) is 70.8 Å². The van der Waals surface area contributed by atoms with Crippen LogP contribution in [-0.2, 0) is 18.9 Å². The van der Waals surface area contributed by atoms with E-state index in [1.54, 1.807) is 0 Å². The van der Waals surface area contributed by atoms with E-state index in [0.29, 0.717) is 0 Å². The van der Waals surface area contributed by atoms with Crippen molar-refractivity contribution in [2.24, 2.45) is 0 Å². The molecule has 0 saturated carbocycles. The number of aromatic hydroxyl groups is 2. The Balaban J connectivity index is 1.76. The Kier molecular flexibility index (Phi) is 13.0. The molecule has 0 bridgehead atoms. The normalized spacial score (nSPS) is 10.4. The molecule has 4 rings (SSSR count). The molecule has 0 heterocycles. The number of phenols is 2. The van der Waals surface area contributed by atoms with E-state index in [-0.39, 0.29) is 92.2 Å². The zero-order valence-electron chi connectivity index (χ0n) is 30.6. The summed E-state index contributed by atoms with van der Waals surface area (Å²) in [6.07, 6.45) is 0. The SMILES string of the molecule is COC(=O)c1cc(OC)c(O)c(-c2cc(C(=O)OC)cc(OCCOc3cc(C(=O)OC)cc(-c4cc(C(=O)OC)cc(OC)c4OC)c3OC)c2O)c1. The van der Waals surface area contributed by atoms with Crippen LogP contribution in [0.1, 0.15) is 41.4 Å². The molecular weight excluding hydrogens is 712 g/mol. The zero-order valence-corrected chi connectivity index (χ0v) is 30.6. The van der Waals surface area contributed by atoms with Crippen molar-refractivity contribution in [2.45, 2.75) is 0 Å². The number of hydrogen-bond acceptors (Lipinski definition) is 16. The van der Waals surface area contributed by atoms with E-state index < -0.39 is 35.4 Å². The molecule has 0 atom stereocenters. The van der Waals surface area contributed by atoms with Gasteiger partial charge in [-0.2, -0.15) is 0 Å². The maximum atomic E-state index is 12.8. The van der Waals surface area contributed by atoms with Crippen molar-refractivity contribution in [2.75, 3.05) is 70.1 Å². The van der Waals surface area contributed by atoms with Crippen LogP contribution in [0.5, 0.6) is 46.0 Å².